The van der Waals surface area contributed by atoms with Gasteiger partial charge in [-0.2, -0.15) is 13.2 Å². The monoisotopic (exact) mass is 459 g/mol. The Morgan fingerprint density at radius 1 is 0.879 bits per heavy atom. The summed E-state index contributed by atoms with van der Waals surface area (Å²) in [4.78, 5) is 29.8. The van der Waals surface area contributed by atoms with Gasteiger partial charge in [-0.3, -0.25) is 14.5 Å². The van der Waals surface area contributed by atoms with Crippen LogP contribution >= 0.6 is 0 Å². The van der Waals surface area contributed by atoms with Crippen molar-refractivity contribution in [3.63, 3.8) is 0 Å². The fourth-order valence-electron chi connectivity index (χ4n) is 4.88. The summed E-state index contributed by atoms with van der Waals surface area (Å²) in [7, 11) is 0. The fraction of sp³-hybridized carbons (Fsp3) is 0.440. The molecule has 0 radical (unpaired) electrons. The van der Waals surface area contributed by atoms with Crippen LogP contribution in [0.2, 0.25) is 0 Å². The van der Waals surface area contributed by atoms with E-state index in [0.717, 1.165) is 43.5 Å². The second-order valence-electron chi connectivity index (χ2n) is 8.75. The number of piperazine rings is 1. The van der Waals surface area contributed by atoms with E-state index in [-0.39, 0.29) is 29.3 Å². The lowest BCUT2D eigenvalue weighted by Crippen LogP contribution is -2.56. The molecule has 1 aliphatic carbocycles. The first-order chi connectivity index (χ1) is 15.8. The van der Waals surface area contributed by atoms with Gasteiger partial charge in [0.05, 0.1) is 11.6 Å². The smallest absolute Gasteiger partial charge is 0.336 e. The van der Waals surface area contributed by atoms with E-state index in [4.69, 9.17) is 0 Å². The Morgan fingerprint density at radius 3 is 2.06 bits per heavy atom. The van der Waals surface area contributed by atoms with Gasteiger partial charge in [0.15, 0.2) is 0 Å². The number of anilines is 1. The largest absolute Gasteiger partial charge is 0.416 e. The van der Waals surface area contributed by atoms with Crippen molar-refractivity contribution in [1.82, 2.24) is 9.80 Å². The molecule has 2 aliphatic rings. The summed E-state index contributed by atoms with van der Waals surface area (Å²) in [5, 5.41) is 3.04. The van der Waals surface area contributed by atoms with Gasteiger partial charge in [0.2, 0.25) is 5.91 Å². The van der Waals surface area contributed by atoms with Crippen LogP contribution < -0.4 is 5.32 Å². The zero-order valence-electron chi connectivity index (χ0n) is 18.4. The van der Waals surface area contributed by atoms with Crippen molar-refractivity contribution < 1.29 is 22.8 Å². The molecular weight excluding hydrogens is 431 g/mol. The third-order valence-electron chi connectivity index (χ3n) is 6.61. The molecule has 1 heterocycles. The first kappa shape index (κ1) is 23.3. The van der Waals surface area contributed by atoms with Crippen LogP contribution in [0.3, 0.4) is 0 Å². The number of hydrogen-bond donors (Lipinski definition) is 1. The molecule has 1 N–H and O–H groups in total. The lowest BCUT2D eigenvalue weighted by Gasteiger charge is -2.40. The number of alkyl halides is 3. The Morgan fingerprint density at radius 2 is 1.48 bits per heavy atom. The molecule has 4 rings (SSSR count). The van der Waals surface area contributed by atoms with Gasteiger partial charge < -0.3 is 10.2 Å². The number of carbonyl (C=O) groups is 2. The number of carbonyl (C=O) groups excluding carboxylic acids is 2. The van der Waals surface area contributed by atoms with Gasteiger partial charge in [-0.1, -0.05) is 31.0 Å². The summed E-state index contributed by atoms with van der Waals surface area (Å²) in [6, 6.07) is 13.5. The lowest BCUT2D eigenvalue weighted by molar-refractivity contribution is -0.137. The first-order valence-electron chi connectivity index (χ1n) is 11.4. The second kappa shape index (κ2) is 9.95. The Kier molecular flexibility index (Phi) is 7.02. The van der Waals surface area contributed by atoms with Gasteiger partial charge >= 0.3 is 6.18 Å². The minimum absolute atomic E-state index is 0.0179. The summed E-state index contributed by atoms with van der Waals surface area (Å²) < 4.78 is 38.4. The molecule has 0 spiro atoms. The van der Waals surface area contributed by atoms with Crippen LogP contribution in [0.15, 0.2) is 54.6 Å². The summed E-state index contributed by atoms with van der Waals surface area (Å²) >= 11 is 0. The highest BCUT2D eigenvalue weighted by Gasteiger charge is 2.37. The summed E-state index contributed by atoms with van der Waals surface area (Å²) in [5.41, 5.74) is 0.236. The number of amides is 2. The molecule has 2 aromatic rings. The molecule has 2 fully saturated rings. The van der Waals surface area contributed by atoms with Crippen molar-refractivity contribution in [2.24, 2.45) is 5.92 Å². The molecule has 1 saturated heterocycles. The molecule has 5 nitrogen and oxygen atoms in total. The number of para-hydroxylation sites is 1. The maximum atomic E-state index is 13.2. The van der Waals surface area contributed by atoms with E-state index in [1.807, 2.05) is 30.3 Å². The zero-order chi connectivity index (χ0) is 23.4. The fourth-order valence-corrected chi connectivity index (χ4v) is 4.88. The molecular formula is C25H28F3N3O2. The van der Waals surface area contributed by atoms with Crippen LogP contribution in [0, 0.1) is 5.92 Å². The maximum Gasteiger partial charge on any atom is 0.416 e. The number of hydrogen-bond acceptors (Lipinski definition) is 3. The normalized spacial score (nSPS) is 18.8. The van der Waals surface area contributed by atoms with Crippen molar-refractivity contribution in [2.75, 3.05) is 31.5 Å². The number of halogens is 3. The quantitative estimate of drug-likeness (QED) is 0.708. The van der Waals surface area contributed by atoms with Crippen LogP contribution in [-0.2, 0) is 11.0 Å². The van der Waals surface area contributed by atoms with Crippen molar-refractivity contribution in [3.05, 3.63) is 65.7 Å². The minimum Gasteiger partial charge on any atom is -0.336 e. The highest BCUT2D eigenvalue weighted by molar-refractivity contribution is 5.95. The number of benzene rings is 2. The van der Waals surface area contributed by atoms with Crippen molar-refractivity contribution in [2.45, 2.75) is 37.9 Å². The first-order valence-corrected chi connectivity index (χ1v) is 11.4. The number of nitrogens with one attached hydrogen (secondary N) is 1. The highest BCUT2D eigenvalue weighted by Crippen LogP contribution is 2.32. The van der Waals surface area contributed by atoms with E-state index in [2.05, 4.69) is 10.2 Å². The van der Waals surface area contributed by atoms with E-state index in [9.17, 15) is 22.8 Å². The summed E-state index contributed by atoms with van der Waals surface area (Å²) in [6.07, 6.45) is -0.170. The zero-order valence-corrected chi connectivity index (χ0v) is 18.4. The second-order valence-corrected chi connectivity index (χ2v) is 8.75. The maximum absolute atomic E-state index is 13.2. The number of nitrogens with zero attached hydrogens (tertiary/aromatic N) is 2. The Bertz CT molecular complexity index is 949. The van der Waals surface area contributed by atoms with Gasteiger partial charge in [0, 0.05) is 37.4 Å². The SMILES string of the molecule is O=C(Nc1ccccc1)C(C1CCCC1)N1CCN(C(=O)c2ccc(C(F)(F)F)cc2)CC1. The molecule has 1 aliphatic heterocycles. The van der Waals surface area contributed by atoms with Crippen LogP contribution in [0.4, 0.5) is 18.9 Å². The Labute approximate surface area is 191 Å². The van der Waals surface area contributed by atoms with Crippen molar-refractivity contribution >= 4 is 17.5 Å². The van der Waals surface area contributed by atoms with E-state index < -0.39 is 11.7 Å². The average molecular weight is 460 g/mol. The van der Waals surface area contributed by atoms with E-state index >= 15 is 0 Å². The Hall–Kier alpha value is -2.87. The molecule has 0 aromatic heterocycles. The Balaban J connectivity index is 1.40. The molecule has 2 aromatic carbocycles. The van der Waals surface area contributed by atoms with Crippen LogP contribution in [0.1, 0.15) is 41.6 Å². The van der Waals surface area contributed by atoms with Gasteiger partial charge in [0.25, 0.3) is 5.91 Å². The molecule has 8 heteroatoms. The predicted octanol–water partition coefficient (Wildman–Crippen LogP) is 4.66. The number of rotatable bonds is 5. The highest BCUT2D eigenvalue weighted by atomic mass is 19.4. The van der Waals surface area contributed by atoms with Gasteiger partial charge in [0.1, 0.15) is 0 Å². The summed E-state index contributed by atoms with van der Waals surface area (Å²) in [6.45, 7) is 1.97. The average Bonchev–Trinajstić information content (AvgIpc) is 3.34. The van der Waals surface area contributed by atoms with E-state index in [1.54, 1.807) is 4.90 Å². The standard InChI is InChI=1S/C25H28F3N3O2/c26-25(27,28)20-12-10-19(11-13-20)24(33)31-16-14-30(15-17-31)22(18-6-4-5-7-18)23(32)29-21-8-2-1-3-9-21/h1-3,8-13,18,22H,4-7,14-17H2,(H,29,32). The minimum atomic E-state index is -4.43. The summed E-state index contributed by atoms with van der Waals surface area (Å²) in [5.74, 6) is -0.0176. The molecule has 0 bridgehead atoms. The van der Waals surface area contributed by atoms with Crippen molar-refractivity contribution in [3.8, 4) is 0 Å². The molecule has 1 saturated carbocycles. The van der Waals surface area contributed by atoms with Crippen molar-refractivity contribution in [1.29, 1.82) is 0 Å². The molecule has 1 atom stereocenters. The van der Waals surface area contributed by atoms with Gasteiger partial charge in [-0.25, -0.2) is 0 Å². The van der Waals surface area contributed by atoms with E-state index in [0.29, 0.717) is 26.2 Å². The molecule has 176 valence electrons. The third-order valence-corrected chi connectivity index (χ3v) is 6.61. The van der Waals surface area contributed by atoms with Crippen LogP contribution in [-0.4, -0.2) is 53.8 Å². The van der Waals surface area contributed by atoms with E-state index in [1.165, 1.54) is 12.1 Å². The third kappa shape index (κ3) is 5.55. The molecule has 33 heavy (non-hydrogen) atoms. The van der Waals surface area contributed by atoms with Gasteiger partial charge in [-0.15, -0.1) is 0 Å². The topological polar surface area (TPSA) is 52.7 Å². The molecule has 2 amide bonds. The molecule has 1 unspecified atom stereocenters. The van der Waals surface area contributed by atoms with Gasteiger partial charge in [-0.05, 0) is 55.2 Å². The lowest BCUT2D eigenvalue weighted by atomic mass is 9.94. The van der Waals surface area contributed by atoms with Crippen LogP contribution in [0.25, 0.3) is 0 Å². The van der Waals surface area contributed by atoms with Crippen LogP contribution in [0.5, 0.6) is 0 Å². The predicted molar refractivity (Wildman–Crippen MR) is 120 cm³/mol.